The number of hydrogen-bond acceptors (Lipinski definition) is 5. The molecule has 0 spiro atoms. The van der Waals surface area contributed by atoms with Crippen LogP contribution in [0.15, 0.2) is 10.7 Å². The Hall–Kier alpha value is -0.880. The van der Waals surface area contributed by atoms with Crippen molar-refractivity contribution in [3.05, 3.63) is 10.7 Å². The standard InChI is InChI=1S/C9H16BrN5/c1-3-5-15(4-2)8-7(10)6-12-9(13-8)14-11/h6H,3-5,11H2,1-2H3,(H,12,13,14). The summed E-state index contributed by atoms with van der Waals surface area (Å²) in [5, 5.41) is 0. The van der Waals surface area contributed by atoms with E-state index < -0.39 is 0 Å². The lowest BCUT2D eigenvalue weighted by atomic mass is 10.4. The molecule has 0 fully saturated rings. The molecule has 0 aliphatic rings. The molecule has 84 valence electrons. The van der Waals surface area contributed by atoms with Gasteiger partial charge >= 0.3 is 0 Å². The number of anilines is 2. The number of hydrogen-bond donors (Lipinski definition) is 2. The van der Waals surface area contributed by atoms with E-state index >= 15 is 0 Å². The summed E-state index contributed by atoms with van der Waals surface area (Å²) in [5.41, 5.74) is 2.45. The van der Waals surface area contributed by atoms with Gasteiger partial charge in [0.25, 0.3) is 0 Å². The molecule has 0 amide bonds. The number of aromatic nitrogens is 2. The molecule has 6 heteroatoms. The Bertz CT molecular complexity index is 317. The van der Waals surface area contributed by atoms with Crippen molar-refractivity contribution in [3.8, 4) is 0 Å². The van der Waals surface area contributed by atoms with Gasteiger partial charge in [0.1, 0.15) is 5.82 Å². The largest absolute Gasteiger partial charge is 0.356 e. The normalized spacial score (nSPS) is 10.1. The molecule has 0 saturated carbocycles. The van der Waals surface area contributed by atoms with Gasteiger partial charge in [-0.2, -0.15) is 4.98 Å². The first-order valence-corrected chi connectivity index (χ1v) is 5.76. The van der Waals surface area contributed by atoms with Crippen LogP contribution in [0, 0.1) is 0 Å². The quantitative estimate of drug-likeness (QED) is 0.632. The van der Waals surface area contributed by atoms with Gasteiger partial charge in [0.05, 0.1) is 4.47 Å². The predicted molar refractivity (Wildman–Crippen MR) is 65.7 cm³/mol. The van der Waals surface area contributed by atoms with Crippen LogP contribution in [-0.4, -0.2) is 23.1 Å². The van der Waals surface area contributed by atoms with Crippen molar-refractivity contribution in [2.24, 2.45) is 5.84 Å². The van der Waals surface area contributed by atoms with Gasteiger partial charge in [0, 0.05) is 19.3 Å². The van der Waals surface area contributed by atoms with Gasteiger partial charge in [-0.25, -0.2) is 10.8 Å². The van der Waals surface area contributed by atoms with Crippen molar-refractivity contribution in [1.82, 2.24) is 9.97 Å². The number of nitrogens with two attached hydrogens (primary N) is 1. The van der Waals surface area contributed by atoms with Gasteiger partial charge in [-0.15, -0.1) is 0 Å². The summed E-state index contributed by atoms with van der Waals surface area (Å²) in [6.07, 6.45) is 2.78. The first kappa shape index (κ1) is 12.2. The maximum Gasteiger partial charge on any atom is 0.239 e. The van der Waals surface area contributed by atoms with Crippen LogP contribution in [0.2, 0.25) is 0 Å². The molecule has 0 unspecified atom stereocenters. The second kappa shape index (κ2) is 5.87. The van der Waals surface area contributed by atoms with Gasteiger partial charge in [-0.1, -0.05) is 6.92 Å². The van der Waals surface area contributed by atoms with Crippen LogP contribution < -0.4 is 16.2 Å². The number of nitrogens with one attached hydrogen (secondary N) is 1. The topological polar surface area (TPSA) is 67.1 Å². The van der Waals surface area contributed by atoms with E-state index in [0.29, 0.717) is 5.95 Å². The fourth-order valence-electron chi connectivity index (χ4n) is 1.33. The van der Waals surface area contributed by atoms with Crippen LogP contribution >= 0.6 is 15.9 Å². The number of nitrogens with zero attached hydrogens (tertiary/aromatic N) is 3. The van der Waals surface area contributed by atoms with E-state index in [4.69, 9.17) is 5.84 Å². The van der Waals surface area contributed by atoms with E-state index in [2.05, 4.69) is 50.1 Å². The fraction of sp³-hybridized carbons (Fsp3) is 0.556. The van der Waals surface area contributed by atoms with Crippen LogP contribution in [-0.2, 0) is 0 Å². The summed E-state index contributed by atoms with van der Waals surface area (Å²) in [6.45, 7) is 6.11. The second-order valence-corrected chi connectivity index (χ2v) is 3.94. The number of halogens is 1. The molecule has 0 radical (unpaired) electrons. The zero-order valence-corrected chi connectivity index (χ0v) is 10.6. The summed E-state index contributed by atoms with van der Waals surface area (Å²) in [4.78, 5) is 10.5. The highest BCUT2D eigenvalue weighted by molar-refractivity contribution is 9.10. The summed E-state index contributed by atoms with van der Waals surface area (Å²) in [7, 11) is 0. The monoisotopic (exact) mass is 273 g/mol. The Morgan fingerprint density at radius 1 is 1.53 bits per heavy atom. The van der Waals surface area contributed by atoms with Gasteiger partial charge in [-0.05, 0) is 29.3 Å². The van der Waals surface area contributed by atoms with Gasteiger partial charge < -0.3 is 4.90 Å². The average molecular weight is 274 g/mol. The first-order valence-electron chi connectivity index (χ1n) is 4.97. The Kier molecular flexibility index (Phi) is 4.77. The maximum atomic E-state index is 5.28. The van der Waals surface area contributed by atoms with Crippen molar-refractivity contribution in [3.63, 3.8) is 0 Å². The summed E-state index contributed by atoms with van der Waals surface area (Å²) >= 11 is 3.44. The molecule has 1 aromatic heterocycles. The predicted octanol–water partition coefficient (Wildman–Crippen LogP) is 1.76. The van der Waals surface area contributed by atoms with E-state index in [9.17, 15) is 0 Å². The lowest BCUT2D eigenvalue weighted by Gasteiger charge is -2.22. The van der Waals surface area contributed by atoms with Crippen molar-refractivity contribution in [1.29, 1.82) is 0 Å². The third kappa shape index (κ3) is 3.04. The molecule has 0 bridgehead atoms. The Balaban J connectivity index is 2.98. The fourth-order valence-corrected chi connectivity index (χ4v) is 1.77. The summed E-state index contributed by atoms with van der Waals surface area (Å²) < 4.78 is 0.886. The zero-order chi connectivity index (χ0) is 11.3. The number of nitrogen functional groups attached to an aromatic ring is 1. The highest BCUT2D eigenvalue weighted by Gasteiger charge is 2.10. The first-order chi connectivity index (χ1) is 7.22. The van der Waals surface area contributed by atoms with Gasteiger partial charge in [0.2, 0.25) is 5.95 Å². The van der Waals surface area contributed by atoms with E-state index in [1.165, 1.54) is 0 Å². The molecule has 0 aromatic carbocycles. The molecule has 15 heavy (non-hydrogen) atoms. The van der Waals surface area contributed by atoms with Gasteiger partial charge in [0.15, 0.2) is 0 Å². The van der Waals surface area contributed by atoms with Crippen molar-refractivity contribution in [2.75, 3.05) is 23.4 Å². The number of rotatable bonds is 5. The number of hydrazine groups is 1. The molecule has 1 heterocycles. The third-order valence-corrected chi connectivity index (χ3v) is 2.59. The lowest BCUT2D eigenvalue weighted by Crippen LogP contribution is -2.25. The van der Waals surface area contributed by atoms with Crippen LogP contribution in [0.4, 0.5) is 11.8 Å². The minimum atomic E-state index is 0.433. The molecule has 0 saturated heterocycles. The minimum absolute atomic E-state index is 0.433. The Labute approximate surface area is 98.2 Å². The SMILES string of the molecule is CCCN(CC)c1nc(NN)ncc1Br. The zero-order valence-electron chi connectivity index (χ0n) is 9.00. The molecular weight excluding hydrogens is 258 g/mol. The Morgan fingerprint density at radius 2 is 2.27 bits per heavy atom. The van der Waals surface area contributed by atoms with Crippen LogP contribution in [0.3, 0.4) is 0 Å². The molecule has 5 nitrogen and oxygen atoms in total. The Morgan fingerprint density at radius 3 is 2.80 bits per heavy atom. The van der Waals surface area contributed by atoms with E-state index in [1.54, 1.807) is 6.20 Å². The van der Waals surface area contributed by atoms with E-state index in [-0.39, 0.29) is 0 Å². The second-order valence-electron chi connectivity index (χ2n) is 3.09. The smallest absolute Gasteiger partial charge is 0.239 e. The minimum Gasteiger partial charge on any atom is -0.356 e. The van der Waals surface area contributed by atoms with E-state index in [0.717, 1.165) is 29.8 Å². The highest BCUT2D eigenvalue weighted by atomic mass is 79.9. The van der Waals surface area contributed by atoms with E-state index in [1.807, 2.05) is 0 Å². The maximum absolute atomic E-state index is 5.28. The summed E-state index contributed by atoms with van der Waals surface area (Å²) in [6, 6.07) is 0. The van der Waals surface area contributed by atoms with Crippen LogP contribution in [0.5, 0.6) is 0 Å². The lowest BCUT2D eigenvalue weighted by molar-refractivity contribution is 0.774. The van der Waals surface area contributed by atoms with Gasteiger partial charge in [-0.3, -0.25) is 5.43 Å². The molecular formula is C9H16BrN5. The average Bonchev–Trinajstić information content (AvgIpc) is 2.27. The molecule has 3 N–H and O–H groups in total. The van der Waals surface area contributed by atoms with Crippen molar-refractivity contribution >= 4 is 27.7 Å². The molecule has 0 atom stereocenters. The third-order valence-electron chi connectivity index (χ3n) is 2.03. The highest BCUT2D eigenvalue weighted by Crippen LogP contribution is 2.23. The molecule has 1 aromatic rings. The molecule has 1 rings (SSSR count). The van der Waals surface area contributed by atoms with Crippen LogP contribution in [0.25, 0.3) is 0 Å². The summed E-state index contributed by atoms with van der Waals surface area (Å²) in [5.74, 6) is 6.59. The van der Waals surface area contributed by atoms with Crippen LogP contribution in [0.1, 0.15) is 20.3 Å². The molecule has 0 aliphatic carbocycles. The van der Waals surface area contributed by atoms with Crippen molar-refractivity contribution in [2.45, 2.75) is 20.3 Å². The molecule has 0 aliphatic heterocycles. The van der Waals surface area contributed by atoms with Crippen molar-refractivity contribution < 1.29 is 0 Å².